The van der Waals surface area contributed by atoms with Gasteiger partial charge in [0.15, 0.2) is 6.10 Å². The van der Waals surface area contributed by atoms with Crippen LogP contribution < -0.4 is 27.0 Å². The van der Waals surface area contributed by atoms with Gasteiger partial charge in [0.2, 0.25) is 17.7 Å². The van der Waals surface area contributed by atoms with Crippen LogP contribution in [0.15, 0.2) is 78.9 Å². The Morgan fingerprint density at radius 3 is 1.98 bits per heavy atom. The first kappa shape index (κ1) is 39.6. The van der Waals surface area contributed by atoms with Crippen molar-refractivity contribution in [2.45, 2.75) is 69.8 Å². The Hall–Kier alpha value is -5.80. The molecule has 4 amide bonds. The Morgan fingerprint density at radius 1 is 0.725 bits per heavy atom. The SMILES string of the molecule is CC(C)[C@H](NC(=O)[C@@H](N)CCC(=O)O)C(=O)N[C@@H](Cc1ccc(O)cc1)C(=O)N[C@@H](Cc1ccccc1)[C@@H](O)C(=O)Nc1cccc(C(=O)O)c1. The van der Waals surface area contributed by atoms with Crippen molar-refractivity contribution in [1.29, 1.82) is 0 Å². The number of carbonyl (C=O) groups excluding carboxylic acids is 4. The second-order valence-corrected chi connectivity index (χ2v) is 12.3. The number of hydrogen-bond acceptors (Lipinski definition) is 9. The number of aromatic carboxylic acids is 1. The van der Waals surface area contributed by atoms with Crippen LogP contribution in [-0.2, 0) is 36.8 Å². The molecule has 0 aliphatic carbocycles. The van der Waals surface area contributed by atoms with E-state index in [2.05, 4.69) is 21.3 Å². The molecule has 10 N–H and O–H groups in total. The number of carbonyl (C=O) groups is 6. The second-order valence-electron chi connectivity index (χ2n) is 12.3. The largest absolute Gasteiger partial charge is 0.508 e. The van der Waals surface area contributed by atoms with Gasteiger partial charge in [0.1, 0.15) is 17.8 Å². The average Bonchev–Trinajstić information content (AvgIpc) is 3.09. The highest BCUT2D eigenvalue weighted by atomic mass is 16.4. The molecular formula is C36H43N5O10. The molecule has 15 heteroatoms. The summed E-state index contributed by atoms with van der Waals surface area (Å²) < 4.78 is 0. The number of rotatable bonds is 18. The van der Waals surface area contributed by atoms with Gasteiger partial charge < -0.3 is 47.4 Å². The van der Waals surface area contributed by atoms with Crippen LogP contribution in [0.25, 0.3) is 0 Å². The molecule has 3 aromatic carbocycles. The van der Waals surface area contributed by atoms with E-state index in [1.807, 2.05) is 0 Å². The molecule has 0 bridgehead atoms. The topological polar surface area (TPSA) is 257 Å². The number of carboxylic acids is 2. The third kappa shape index (κ3) is 12.5. The van der Waals surface area contributed by atoms with Gasteiger partial charge in [0.25, 0.3) is 5.91 Å². The number of amides is 4. The third-order valence-electron chi connectivity index (χ3n) is 7.91. The van der Waals surface area contributed by atoms with Crippen molar-refractivity contribution < 1.29 is 49.2 Å². The number of aromatic hydroxyl groups is 1. The van der Waals surface area contributed by atoms with E-state index >= 15 is 0 Å². The predicted octanol–water partition coefficient (Wildman–Crippen LogP) is 1.18. The summed E-state index contributed by atoms with van der Waals surface area (Å²) >= 11 is 0. The Bertz CT molecular complexity index is 1680. The summed E-state index contributed by atoms with van der Waals surface area (Å²) in [6, 6.07) is 15.0. The van der Waals surface area contributed by atoms with Gasteiger partial charge in [-0.15, -0.1) is 0 Å². The monoisotopic (exact) mass is 705 g/mol. The molecule has 0 spiro atoms. The number of anilines is 1. The van der Waals surface area contributed by atoms with Crippen molar-refractivity contribution in [3.63, 3.8) is 0 Å². The van der Waals surface area contributed by atoms with Crippen LogP contribution in [0.1, 0.15) is 48.2 Å². The van der Waals surface area contributed by atoms with Crippen LogP contribution in [0, 0.1) is 5.92 Å². The van der Waals surface area contributed by atoms with Crippen LogP contribution in [0.5, 0.6) is 5.75 Å². The van der Waals surface area contributed by atoms with Crippen molar-refractivity contribution in [2.75, 3.05) is 5.32 Å². The molecule has 15 nitrogen and oxygen atoms in total. The van der Waals surface area contributed by atoms with Gasteiger partial charge in [-0.3, -0.25) is 24.0 Å². The number of aliphatic hydroxyl groups is 1. The zero-order valence-corrected chi connectivity index (χ0v) is 28.1. The minimum atomic E-state index is -1.84. The molecule has 0 heterocycles. The van der Waals surface area contributed by atoms with E-state index in [9.17, 15) is 44.1 Å². The van der Waals surface area contributed by atoms with Crippen LogP contribution in [0.4, 0.5) is 5.69 Å². The molecule has 0 radical (unpaired) electrons. The smallest absolute Gasteiger partial charge is 0.335 e. The van der Waals surface area contributed by atoms with E-state index in [1.54, 1.807) is 56.3 Å². The number of nitrogens with one attached hydrogen (secondary N) is 4. The minimum absolute atomic E-state index is 0.0187. The Balaban J connectivity index is 1.88. The molecule has 0 saturated carbocycles. The number of hydrogen-bond donors (Lipinski definition) is 9. The van der Waals surface area contributed by atoms with E-state index < -0.39 is 71.8 Å². The fourth-order valence-corrected chi connectivity index (χ4v) is 5.07. The van der Waals surface area contributed by atoms with Crippen molar-refractivity contribution >= 4 is 41.3 Å². The molecule has 0 aliphatic heterocycles. The van der Waals surface area contributed by atoms with Crippen molar-refractivity contribution in [2.24, 2.45) is 11.7 Å². The van der Waals surface area contributed by atoms with Crippen LogP contribution in [0.2, 0.25) is 0 Å². The summed E-state index contributed by atoms with van der Waals surface area (Å²) in [6.07, 6.45) is -2.48. The lowest BCUT2D eigenvalue weighted by Gasteiger charge is -2.29. The van der Waals surface area contributed by atoms with Gasteiger partial charge in [0, 0.05) is 18.5 Å². The molecule has 0 saturated heterocycles. The molecule has 0 aliphatic rings. The van der Waals surface area contributed by atoms with E-state index in [4.69, 9.17) is 10.8 Å². The summed E-state index contributed by atoms with van der Waals surface area (Å²) in [5.41, 5.74) is 7.04. The number of aliphatic carboxylic acids is 1. The lowest BCUT2D eigenvalue weighted by Crippen LogP contribution is -2.60. The highest BCUT2D eigenvalue weighted by Gasteiger charge is 2.34. The summed E-state index contributed by atoms with van der Waals surface area (Å²) in [5.74, 6) is -6.10. The number of carboxylic acid groups (broad SMARTS) is 2. The quantitative estimate of drug-likeness (QED) is 0.0908. The highest BCUT2D eigenvalue weighted by Crippen LogP contribution is 2.16. The fourth-order valence-electron chi connectivity index (χ4n) is 5.07. The normalized spacial score (nSPS) is 13.9. The van der Waals surface area contributed by atoms with Crippen molar-refractivity contribution in [3.05, 3.63) is 95.6 Å². The van der Waals surface area contributed by atoms with Crippen LogP contribution in [0.3, 0.4) is 0 Å². The molecule has 0 aromatic heterocycles. The highest BCUT2D eigenvalue weighted by molar-refractivity contribution is 5.97. The van der Waals surface area contributed by atoms with E-state index in [0.717, 1.165) is 0 Å². The molecule has 0 unspecified atom stereocenters. The van der Waals surface area contributed by atoms with Gasteiger partial charge in [-0.2, -0.15) is 0 Å². The lowest BCUT2D eigenvalue weighted by molar-refractivity contribution is -0.137. The first-order valence-corrected chi connectivity index (χ1v) is 16.2. The molecular weight excluding hydrogens is 662 g/mol. The van der Waals surface area contributed by atoms with E-state index in [0.29, 0.717) is 11.1 Å². The van der Waals surface area contributed by atoms with Crippen LogP contribution >= 0.6 is 0 Å². The average molecular weight is 706 g/mol. The number of benzene rings is 3. The van der Waals surface area contributed by atoms with E-state index in [1.165, 1.54) is 36.4 Å². The number of aliphatic hydroxyl groups excluding tert-OH is 1. The number of phenols is 1. The van der Waals surface area contributed by atoms with Gasteiger partial charge in [-0.1, -0.05) is 62.4 Å². The Kier molecular flexibility index (Phi) is 14.6. The fraction of sp³-hybridized carbons (Fsp3) is 0.333. The van der Waals surface area contributed by atoms with Gasteiger partial charge in [-0.25, -0.2) is 4.79 Å². The summed E-state index contributed by atoms with van der Waals surface area (Å²) in [6.45, 7) is 3.30. The third-order valence-corrected chi connectivity index (χ3v) is 7.91. The molecule has 0 fully saturated rings. The molecule has 51 heavy (non-hydrogen) atoms. The molecule has 5 atom stereocenters. The van der Waals surface area contributed by atoms with Gasteiger partial charge >= 0.3 is 11.9 Å². The zero-order valence-electron chi connectivity index (χ0n) is 28.1. The maximum atomic E-state index is 14.0. The van der Waals surface area contributed by atoms with Crippen molar-refractivity contribution in [1.82, 2.24) is 16.0 Å². The second kappa shape index (κ2) is 18.8. The first-order valence-electron chi connectivity index (χ1n) is 16.2. The first-order chi connectivity index (χ1) is 24.1. The number of phenolic OH excluding ortho intramolecular Hbond substituents is 1. The zero-order chi connectivity index (χ0) is 37.7. The summed E-state index contributed by atoms with van der Waals surface area (Å²) in [4.78, 5) is 75.9. The van der Waals surface area contributed by atoms with Crippen LogP contribution in [-0.4, -0.2) is 86.3 Å². The standard InChI is InChI=1S/C36H43N5O10/c1-20(2)30(41-32(46)26(37)15-16-29(43)44)34(48)40-28(18-22-11-13-25(42)14-12-22)33(47)39-27(17-21-7-4-3-5-8-21)31(45)35(49)38-24-10-6-9-23(19-24)36(50)51/h3-14,19-20,26-28,30-31,42,45H,15-18,37H2,1-2H3,(H,38,49)(H,39,47)(H,40,48)(H,41,46)(H,43,44)(H,50,51)/t26-,27-,28-,30-,31+/m0/s1. The summed E-state index contributed by atoms with van der Waals surface area (Å²) in [5, 5.41) is 49.6. The number of nitrogens with two attached hydrogens (primary N) is 1. The van der Waals surface area contributed by atoms with Gasteiger partial charge in [-0.05, 0) is 60.2 Å². The lowest BCUT2D eigenvalue weighted by atomic mass is 9.98. The predicted molar refractivity (Wildman–Crippen MR) is 185 cm³/mol. The minimum Gasteiger partial charge on any atom is -0.508 e. The Labute approximate surface area is 294 Å². The summed E-state index contributed by atoms with van der Waals surface area (Å²) in [7, 11) is 0. The molecule has 3 rings (SSSR count). The van der Waals surface area contributed by atoms with Crippen molar-refractivity contribution in [3.8, 4) is 5.75 Å². The molecule has 3 aromatic rings. The maximum Gasteiger partial charge on any atom is 0.335 e. The molecule has 272 valence electrons. The Morgan fingerprint density at radius 2 is 1.37 bits per heavy atom. The van der Waals surface area contributed by atoms with E-state index in [-0.39, 0.29) is 42.7 Å². The maximum absolute atomic E-state index is 14.0. The van der Waals surface area contributed by atoms with Gasteiger partial charge in [0.05, 0.1) is 17.6 Å².